The summed E-state index contributed by atoms with van der Waals surface area (Å²) >= 11 is 0. The second kappa shape index (κ2) is 7.72. The third-order valence-corrected chi connectivity index (χ3v) is 5.93. The molecule has 3 rings (SSSR count). The maximum atomic E-state index is 13.1. The van der Waals surface area contributed by atoms with Crippen LogP contribution in [0.5, 0.6) is 0 Å². The quantitative estimate of drug-likeness (QED) is 0.208. The van der Waals surface area contributed by atoms with Crippen LogP contribution in [0.4, 0.5) is 26.3 Å². The first-order valence-corrected chi connectivity index (χ1v) is 10.4. The van der Waals surface area contributed by atoms with Gasteiger partial charge in [0.25, 0.3) is 0 Å². The first kappa shape index (κ1) is 24.5. The lowest BCUT2D eigenvalue weighted by Crippen LogP contribution is -2.63. The lowest BCUT2D eigenvalue weighted by molar-refractivity contribution is -0.361. The van der Waals surface area contributed by atoms with Crippen LogP contribution in [0.2, 0.25) is 0 Å². The monoisotopic (exact) mass is 499 g/mol. The van der Waals surface area contributed by atoms with E-state index in [0.29, 0.717) is 0 Å². The molecule has 0 spiro atoms. The average Bonchev–Trinajstić information content (AvgIpc) is 3.21. The Morgan fingerprint density at radius 2 is 1.59 bits per heavy atom. The molecule has 0 aromatic rings. The molecule has 5 unspecified atom stereocenters. The smallest absolute Gasteiger partial charge is 0.438 e. The summed E-state index contributed by atoms with van der Waals surface area (Å²) < 4.78 is 129. The van der Waals surface area contributed by atoms with Crippen molar-refractivity contribution in [2.75, 3.05) is 5.75 Å². The zero-order chi connectivity index (χ0) is 24.3. The van der Waals surface area contributed by atoms with Crippen molar-refractivity contribution in [2.45, 2.75) is 61.6 Å². The Kier molecular flexibility index (Phi) is 5.91. The van der Waals surface area contributed by atoms with Crippen molar-refractivity contribution < 1.29 is 72.6 Å². The Hall–Kier alpha value is -2.14. The molecule has 0 saturated carbocycles. The lowest BCUT2D eigenvalue weighted by atomic mass is 9.88. The number of carbonyl (C=O) groups excluding carboxylic acids is 3. The minimum Gasteiger partial charge on any atom is -0.748 e. The van der Waals surface area contributed by atoms with Crippen molar-refractivity contribution >= 4 is 28.0 Å². The highest BCUT2D eigenvalue weighted by molar-refractivity contribution is 7.85. The van der Waals surface area contributed by atoms with Gasteiger partial charge in [-0.15, -0.1) is 0 Å². The Morgan fingerprint density at radius 3 is 2.12 bits per heavy atom. The van der Waals surface area contributed by atoms with Crippen molar-refractivity contribution in [1.29, 1.82) is 0 Å². The Labute approximate surface area is 174 Å². The van der Waals surface area contributed by atoms with Gasteiger partial charge in [-0.05, 0) is 6.42 Å². The summed E-state index contributed by atoms with van der Waals surface area (Å²) in [5, 5.41) is 0. The van der Waals surface area contributed by atoms with Crippen LogP contribution in [0.1, 0.15) is 19.3 Å². The largest absolute Gasteiger partial charge is 0.748 e. The van der Waals surface area contributed by atoms with Gasteiger partial charge in [0.1, 0.15) is 6.10 Å². The van der Waals surface area contributed by atoms with Gasteiger partial charge in [-0.2, -0.15) is 26.3 Å². The normalized spacial score (nSPS) is 29.7. The molecular formula is C15H13F6O10S-. The van der Waals surface area contributed by atoms with Crippen molar-refractivity contribution in [3.8, 4) is 0 Å². The first-order valence-electron chi connectivity index (χ1n) is 8.79. The highest BCUT2D eigenvalue weighted by atomic mass is 32.2. The molecule has 0 N–H and O–H groups in total. The fourth-order valence-electron chi connectivity index (χ4n) is 3.76. The van der Waals surface area contributed by atoms with Gasteiger partial charge in [-0.3, -0.25) is 14.4 Å². The molecule has 3 saturated heterocycles. The van der Waals surface area contributed by atoms with Crippen molar-refractivity contribution in [1.82, 2.24) is 0 Å². The van der Waals surface area contributed by atoms with E-state index >= 15 is 0 Å². The average molecular weight is 499 g/mol. The Bertz CT molecular complexity index is 899. The highest BCUT2D eigenvalue weighted by Gasteiger charge is 2.75. The second-order valence-corrected chi connectivity index (χ2v) is 8.74. The maximum Gasteiger partial charge on any atom is 0.438 e. The second-order valence-electron chi connectivity index (χ2n) is 7.34. The van der Waals surface area contributed by atoms with Gasteiger partial charge in [0.2, 0.25) is 0 Å². The van der Waals surface area contributed by atoms with Crippen LogP contribution in [0.15, 0.2) is 0 Å². The molecule has 182 valence electrons. The number of hydrogen-bond acceptors (Lipinski definition) is 10. The van der Waals surface area contributed by atoms with Crippen molar-refractivity contribution in [3.05, 3.63) is 0 Å². The molecule has 0 amide bonds. The summed E-state index contributed by atoms with van der Waals surface area (Å²) in [5.74, 6) is -7.72. The number of carbonyl (C=O) groups is 3. The molecule has 3 aliphatic heterocycles. The van der Waals surface area contributed by atoms with Crippen LogP contribution in [-0.2, 0) is 43.4 Å². The van der Waals surface area contributed by atoms with Crippen LogP contribution in [-0.4, -0.2) is 79.0 Å². The first-order chi connectivity index (χ1) is 14.5. The van der Waals surface area contributed by atoms with E-state index in [9.17, 15) is 53.7 Å². The van der Waals surface area contributed by atoms with Gasteiger partial charge in [-0.25, -0.2) is 8.42 Å². The molecule has 0 aromatic heterocycles. The zero-order valence-electron chi connectivity index (χ0n) is 15.5. The topological polar surface area (TPSA) is 145 Å². The van der Waals surface area contributed by atoms with Gasteiger partial charge in [0.05, 0.1) is 40.7 Å². The molecular weight excluding hydrogens is 486 g/mol. The molecule has 0 radical (unpaired) electrons. The number of alkyl halides is 6. The van der Waals surface area contributed by atoms with Crippen LogP contribution >= 0.6 is 0 Å². The van der Waals surface area contributed by atoms with E-state index in [0.717, 1.165) is 0 Å². The number of halogens is 6. The van der Waals surface area contributed by atoms with Gasteiger partial charge < -0.3 is 23.5 Å². The molecule has 0 aromatic carbocycles. The molecule has 5 atom stereocenters. The standard InChI is InChI=1S/C15H14F6O10S/c16-14(17,18)13(15(19,20)21,4-32(25,26)27)31-8(23)2-1-7(22)29-10-6-3-5-9(28-6)11(10)30-12(5)24/h5-6,9-11H,1-4H2,(H,25,26,27)/p-1. The van der Waals surface area contributed by atoms with Gasteiger partial charge in [0.15, 0.2) is 12.2 Å². The van der Waals surface area contributed by atoms with E-state index in [2.05, 4.69) is 4.74 Å². The van der Waals surface area contributed by atoms with Crippen LogP contribution < -0.4 is 0 Å². The van der Waals surface area contributed by atoms with Crippen LogP contribution in [0.3, 0.4) is 0 Å². The number of fused-ring (bicyclic) bond motifs is 1. The summed E-state index contributed by atoms with van der Waals surface area (Å²) in [6.45, 7) is 0. The van der Waals surface area contributed by atoms with Gasteiger partial charge in [0, 0.05) is 0 Å². The number of rotatable bonds is 7. The highest BCUT2D eigenvalue weighted by Crippen LogP contribution is 2.48. The molecule has 10 nitrogen and oxygen atoms in total. The minimum absolute atomic E-state index is 0.184. The molecule has 3 heterocycles. The summed E-state index contributed by atoms with van der Waals surface area (Å²) in [6.07, 6.45) is -18.6. The third-order valence-electron chi connectivity index (χ3n) is 5.17. The van der Waals surface area contributed by atoms with Crippen LogP contribution in [0, 0.1) is 5.92 Å². The summed E-state index contributed by atoms with van der Waals surface area (Å²) in [4.78, 5) is 35.1. The SMILES string of the molecule is O=C(CCC(=O)OC(CS(=O)(=O)[O-])(C(F)(F)F)C(F)(F)F)OC1C2CC3C(=O)OC1C3O2. The predicted octanol–water partition coefficient (Wildman–Crippen LogP) is 0.343. The summed E-state index contributed by atoms with van der Waals surface area (Å²) in [6, 6.07) is 0. The van der Waals surface area contributed by atoms with E-state index in [1.165, 1.54) is 0 Å². The summed E-state index contributed by atoms with van der Waals surface area (Å²) in [7, 11) is -6.17. The van der Waals surface area contributed by atoms with Gasteiger partial charge >= 0.3 is 35.9 Å². The zero-order valence-corrected chi connectivity index (χ0v) is 16.3. The van der Waals surface area contributed by atoms with Crippen LogP contribution in [0.25, 0.3) is 0 Å². The van der Waals surface area contributed by atoms with Crippen molar-refractivity contribution in [2.24, 2.45) is 5.92 Å². The molecule has 17 heteroatoms. The van der Waals surface area contributed by atoms with Gasteiger partial charge in [-0.1, -0.05) is 0 Å². The molecule has 3 fully saturated rings. The van der Waals surface area contributed by atoms with E-state index in [4.69, 9.17) is 14.2 Å². The predicted molar refractivity (Wildman–Crippen MR) is 81.3 cm³/mol. The Morgan fingerprint density at radius 1 is 1.03 bits per heavy atom. The number of ether oxygens (including phenoxy) is 4. The fourth-order valence-corrected chi connectivity index (χ4v) is 4.64. The number of hydrogen-bond donors (Lipinski definition) is 0. The lowest BCUT2D eigenvalue weighted by Gasteiger charge is -2.36. The molecule has 3 aliphatic rings. The van der Waals surface area contributed by atoms with E-state index in [-0.39, 0.29) is 6.42 Å². The van der Waals surface area contributed by atoms with E-state index in [1.807, 2.05) is 0 Å². The van der Waals surface area contributed by atoms with E-state index < -0.39 is 94.9 Å². The Balaban J connectivity index is 1.63. The minimum atomic E-state index is -6.51. The molecule has 2 bridgehead atoms. The fraction of sp³-hybridized carbons (Fsp3) is 0.800. The third kappa shape index (κ3) is 4.36. The van der Waals surface area contributed by atoms with Crippen molar-refractivity contribution in [3.63, 3.8) is 0 Å². The number of esters is 3. The summed E-state index contributed by atoms with van der Waals surface area (Å²) in [5.41, 5.74) is -5.62. The molecule has 0 aliphatic carbocycles. The van der Waals surface area contributed by atoms with E-state index in [1.54, 1.807) is 0 Å². The molecule has 32 heavy (non-hydrogen) atoms. The maximum absolute atomic E-state index is 13.1.